The highest BCUT2D eigenvalue weighted by Crippen LogP contribution is 2.32. The van der Waals surface area contributed by atoms with Crippen molar-refractivity contribution in [3.05, 3.63) is 101 Å². The molecule has 0 fully saturated rings. The number of nitrogens with one attached hydrogen (secondary N) is 1. The van der Waals surface area contributed by atoms with E-state index in [1.54, 1.807) is 25.5 Å². The highest BCUT2D eigenvalue weighted by Gasteiger charge is 2.11. The molecule has 0 aromatic heterocycles. The summed E-state index contributed by atoms with van der Waals surface area (Å²) < 4.78 is 14.1. The molecular formula is C26H19BrI2N2O3. The van der Waals surface area contributed by atoms with Crippen molar-refractivity contribution in [2.24, 2.45) is 5.10 Å². The van der Waals surface area contributed by atoms with Gasteiger partial charge < -0.3 is 9.47 Å². The van der Waals surface area contributed by atoms with Gasteiger partial charge in [-0.15, -0.1) is 0 Å². The smallest absolute Gasteiger partial charge is 0.271 e. The lowest BCUT2D eigenvalue weighted by atomic mass is 10.1. The van der Waals surface area contributed by atoms with Crippen LogP contribution in [-0.2, 0) is 6.61 Å². The van der Waals surface area contributed by atoms with Gasteiger partial charge in [0.2, 0.25) is 0 Å². The van der Waals surface area contributed by atoms with Crippen LogP contribution in [0.1, 0.15) is 21.5 Å². The number of hydrogen-bond donors (Lipinski definition) is 1. The molecule has 0 saturated heterocycles. The molecule has 4 rings (SSSR count). The Morgan fingerprint density at radius 2 is 1.79 bits per heavy atom. The number of benzene rings is 4. The maximum Gasteiger partial charge on any atom is 0.271 e. The Bertz CT molecular complexity index is 1370. The van der Waals surface area contributed by atoms with Crippen LogP contribution >= 0.6 is 61.1 Å². The Hall–Kier alpha value is -2.18. The lowest BCUT2D eigenvalue weighted by molar-refractivity contribution is 0.0954. The van der Waals surface area contributed by atoms with Crippen molar-refractivity contribution in [2.45, 2.75) is 6.61 Å². The summed E-state index contributed by atoms with van der Waals surface area (Å²) in [6, 6.07) is 23.7. The van der Waals surface area contributed by atoms with E-state index in [1.165, 1.54) is 10.8 Å². The van der Waals surface area contributed by atoms with Crippen molar-refractivity contribution in [3.8, 4) is 11.5 Å². The van der Waals surface area contributed by atoms with E-state index in [1.807, 2.05) is 30.3 Å². The molecule has 4 aromatic rings. The number of methoxy groups -OCH3 is 1. The molecule has 4 aromatic carbocycles. The minimum atomic E-state index is -0.310. The highest BCUT2D eigenvalue weighted by atomic mass is 127. The predicted molar refractivity (Wildman–Crippen MR) is 156 cm³/mol. The molecule has 1 amide bonds. The quantitative estimate of drug-likeness (QED) is 0.124. The number of carbonyl (C=O) groups is 1. The predicted octanol–water partition coefficient (Wildman–Crippen LogP) is 7.16. The van der Waals surface area contributed by atoms with E-state index in [0.29, 0.717) is 17.9 Å². The Kier molecular flexibility index (Phi) is 8.43. The lowest BCUT2D eigenvalue weighted by Gasteiger charge is -2.12. The van der Waals surface area contributed by atoms with Crippen molar-refractivity contribution in [3.63, 3.8) is 0 Å². The molecular weight excluding hydrogens is 722 g/mol. The summed E-state index contributed by atoms with van der Waals surface area (Å²) in [6.07, 6.45) is 1.60. The van der Waals surface area contributed by atoms with Crippen molar-refractivity contribution < 1.29 is 14.3 Å². The molecule has 0 unspecified atom stereocenters. The zero-order valence-corrected chi connectivity index (χ0v) is 23.9. The molecule has 0 heterocycles. The second kappa shape index (κ2) is 11.5. The van der Waals surface area contributed by atoms with Crippen molar-refractivity contribution in [1.82, 2.24) is 5.43 Å². The van der Waals surface area contributed by atoms with Crippen LogP contribution in [0.25, 0.3) is 10.8 Å². The molecule has 0 bridgehead atoms. The summed E-state index contributed by atoms with van der Waals surface area (Å²) in [5.74, 6) is 1.10. The number of amides is 1. The molecule has 1 N–H and O–H groups in total. The number of hydrogen-bond acceptors (Lipinski definition) is 4. The first-order valence-corrected chi connectivity index (χ1v) is 13.2. The molecule has 0 radical (unpaired) electrons. The molecule has 5 nitrogen and oxygen atoms in total. The van der Waals surface area contributed by atoms with E-state index in [4.69, 9.17) is 9.47 Å². The third-order valence-electron chi connectivity index (χ3n) is 5.01. The average molecular weight is 741 g/mol. The van der Waals surface area contributed by atoms with Gasteiger partial charge in [0.1, 0.15) is 18.1 Å². The number of carbonyl (C=O) groups excluding carboxylic acids is 1. The third kappa shape index (κ3) is 6.08. The number of rotatable bonds is 7. The zero-order valence-electron chi connectivity index (χ0n) is 18.0. The first kappa shape index (κ1) is 24.9. The lowest BCUT2D eigenvalue weighted by Crippen LogP contribution is -2.17. The second-order valence-electron chi connectivity index (χ2n) is 7.33. The first-order chi connectivity index (χ1) is 16.4. The molecule has 0 aliphatic carbocycles. The first-order valence-electron chi connectivity index (χ1n) is 10.2. The second-order valence-corrected chi connectivity index (χ2v) is 10.5. The third-order valence-corrected chi connectivity index (χ3v) is 7.29. The largest absolute Gasteiger partial charge is 0.496 e. The van der Waals surface area contributed by atoms with E-state index in [9.17, 15) is 4.79 Å². The molecule has 0 aliphatic heterocycles. The van der Waals surface area contributed by atoms with Gasteiger partial charge in [0.05, 0.1) is 24.9 Å². The van der Waals surface area contributed by atoms with Gasteiger partial charge in [0.15, 0.2) is 0 Å². The maximum absolute atomic E-state index is 12.4. The van der Waals surface area contributed by atoms with Crippen LogP contribution in [-0.4, -0.2) is 19.2 Å². The summed E-state index contributed by atoms with van der Waals surface area (Å²) >= 11 is 7.99. The van der Waals surface area contributed by atoms with Crippen LogP contribution in [0.5, 0.6) is 11.5 Å². The number of fused-ring (bicyclic) bond motifs is 1. The summed E-state index contributed by atoms with van der Waals surface area (Å²) in [7, 11) is 1.58. The Morgan fingerprint density at radius 1 is 1.00 bits per heavy atom. The molecule has 34 heavy (non-hydrogen) atoms. The van der Waals surface area contributed by atoms with Crippen LogP contribution in [0.3, 0.4) is 0 Å². The van der Waals surface area contributed by atoms with Gasteiger partial charge in [-0.1, -0.05) is 36.4 Å². The summed E-state index contributed by atoms with van der Waals surface area (Å²) in [4.78, 5) is 12.4. The Balaban J connectivity index is 1.41. The van der Waals surface area contributed by atoms with Gasteiger partial charge in [-0.3, -0.25) is 4.79 Å². The summed E-state index contributed by atoms with van der Waals surface area (Å²) in [5.41, 5.74) is 4.96. The van der Waals surface area contributed by atoms with Crippen molar-refractivity contribution in [2.75, 3.05) is 7.11 Å². The minimum Gasteiger partial charge on any atom is -0.496 e. The van der Waals surface area contributed by atoms with E-state index < -0.39 is 0 Å². The molecule has 8 heteroatoms. The summed E-state index contributed by atoms with van der Waals surface area (Å²) in [5, 5.41) is 6.49. The van der Waals surface area contributed by atoms with Crippen LogP contribution in [0.2, 0.25) is 0 Å². The van der Waals surface area contributed by atoms with Crippen LogP contribution in [0, 0.1) is 7.14 Å². The van der Waals surface area contributed by atoms with E-state index >= 15 is 0 Å². The normalized spacial score (nSPS) is 11.1. The fourth-order valence-corrected chi connectivity index (χ4v) is 5.63. The van der Waals surface area contributed by atoms with Gasteiger partial charge in [-0.25, -0.2) is 5.43 Å². The van der Waals surface area contributed by atoms with E-state index in [2.05, 4.69) is 102 Å². The van der Waals surface area contributed by atoms with Crippen LogP contribution < -0.4 is 14.9 Å². The van der Waals surface area contributed by atoms with Crippen LogP contribution in [0.4, 0.5) is 0 Å². The minimum absolute atomic E-state index is 0.310. The molecule has 0 saturated carbocycles. The van der Waals surface area contributed by atoms with Gasteiger partial charge in [0, 0.05) is 5.56 Å². The summed E-state index contributed by atoms with van der Waals surface area (Å²) in [6.45, 7) is 0.461. The molecule has 0 spiro atoms. The number of halogens is 3. The topological polar surface area (TPSA) is 59.9 Å². The average Bonchev–Trinajstić information content (AvgIpc) is 2.83. The molecule has 0 aliphatic rings. The van der Waals surface area contributed by atoms with Crippen molar-refractivity contribution >= 4 is 84.0 Å². The van der Waals surface area contributed by atoms with Gasteiger partial charge in [-0.2, -0.15) is 5.10 Å². The monoisotopic (exact) mass is 740 g/mol. The number of nitrogens with zero attached hydrogens (tertiary/aromatic N) is 1. The SMILES string of the molecule is COc1cc(C(=O)N/N=C\c2cc(Br)c(OCc3ccc4ccccc4c3)c(I)c2)ccc1I. The number of ether oxygens (including phenoxy) is 2. The van der Waals surface area contributed by atoms with E-state index in [-0.39, 0.29) is 5.91 Å². The van der Waals surface area contributed by atoms with E-state index in [0.717, 1.165) is 28.5 Å². The zero-order chi connectivity index (χ0) is 24.1. The fraction of sp³-hybridized carbons (Fsp3) is 0.0769. The van der Waals surface area contributed by atoms with Gasteiger partial charge in [-0.05, 0) is 119 Å². The molecule has 0 atom stereocenters. The van der Waals surface area contributed by atoms with Crippen LogP contribution in [0.15, 0.2) is 82.4 Å². The highest BCUT2D eigenvalue weighted by molar-refractivity contribution is 14.1. The van der Waals surface area contributed by atoms with Gasteiger partial charge in [0.25, 0.3) is 5.91 Å². The van der Waals surface area contributed by atoms with Crippen molar-refractivity contribution in [1.29, 1.82) is 0 Å². The molecule has 172 valence electrons. The Labute approximate surface area is 233 Å². The number of hydrazone groups is 1. The van der Waals surface area contributed by atoms with Gasteiger partial charge >= 0.3 is 0 Å². The standard InChI is InChI=1S/C26H19BrI2N2O3/c1-33-24-13-20(8-9-22(24)28)26(32)31-30-14-17-11-21(27)25(23(29)12-17)34-15-16-6-7-18-4-2-3-5-19(18)10-16/h2-14H,15H2,1H3,(H,31,32)/b30-14-. The fourth-order valence-electron chi connectivity index (χ4n) is 3.31. The Morgan fingerprint density at radius 3 is 2.56 bits per heavy atom. The maximum atomic E-state index is 12.4.